The largest absolute Gasteiger partial charge is 0.380 e. The molecule has 0 radical (unpaired) electrons. The van der Waals surface area contributed by atoms with Gasteiger partial charge in [0.15, 0.2) is 17.5 Å². The Morgan fingerprint density at radius 1 is 1.16 bits per heavy atom. The van der Waals surface area contributed by atoms with Gasteiger partial charge in [-0.25, -0.2) is 18.2 Å². The molecule has 1 aromatic heterocycles. The van der Waals surface area contributed by atoms with Gasteiger partial charge in [-0.15, -0.1) is 0 Å². The summed E-state index contributed by atoms with van der Waals surface area (Å²) in [6.45, 7) is 2.05. The van der Waals surface area contributed by atoms with Crippen molar-refractivity contribution < 1.29 is 13.2 Å². The van der Waals surface area contributed by atoms with E-state index in [1.807, 2.05) is 13.0 Å². The first-order chi connectivity index (χ1) is 8.97. The number of aryl methyl sites for hydroxylation is 1. The normalized spacial score (nSPS) is 10.6. The van der Waals surface area contributed by atoms with Crippen molar-refractivity contribution in [2.45, 2.75) is 13.5 Å². The summed E-state index contributed by atoms with van der Waals surface area (Å²) in [4.78, 5) is 4.09. The Bertz CT molecular complexity index is 594. The average Bonchev–Trinajstić information content (AvgIpc) is 2.37. The smallest absolute Gasteiger partial charge is 0.194 e. The molecule has 0 aliphatic heterocycles. The number of halogens is 4. The fourth-order valence-electron chi connectivity index (χ4n) is 1.57. The Hall–Kier alpha value is -1.56. The van der Waals surface area contributed by atoms with Crippen molar-refractivity contribution in [2.75, 3.05) is 5.32 Å². The molecule has 0 aliphatic carbocycles. The SMILES string of the molecule is Cc1cc(NCc2cc(F)c(F)c(F)c2)cnc1Br. The minimum absolute atomic E-state index is 0.177. The lowest BCUT2D eigenvalue weighted by Crippen LogP contribution is -2.03. The molecule has 6 heteroatoms. The third kappa shape index (κ3) is 3.26. The second kappa shape index (κ2) is 5.61. The minimum Gasteiger partial charge on any atom is -0.380 e. The second-order valence-corrected chi connectivity index (χ2v) is 4.81. The molecule has 2 aromatic rings. The fraction of sp³-hybridized carbons (Fsp3) is 0.154. The number of aromatic nitrogens is 1. The van der Waals surface area contributed by atoms with Crippen LogP contribution in [-0.2, 0) is 6.54 Å². The lowest BCUT2D eigenvalue weighted by atomic mass is 10.2. The van der Waals surface area contributed by atoms with Crippen LogP contribution in [0.25, 0.3) is 0 Å². The van der Waals surface area contributed by atoms with E-state index in [0.717, 1.165) is 22.3 Å². The number of pyridine rings is 1. The summed E-state index contributed by atoms with van der Waals surface area (Å²) in [5.74, 6) is -3.84. The summed E-state index contributed by atoms with van der Waals surface area (Å²) in [7, 11) is 0. The van der Waals surface area contributed by atoms with Gasteiger partial charge in [-0.2, -0.15) is 0 Å². The number of rotatable bonds is 3. The molecular weight excluding hydrogens is 321 g/mol. The highest BCUT2D eigenvalue weighted by molar-refractivity contribution is 9.10. The molecule has 0 amide bonds. The Morgan fingerprint density at radius 3 is 2.37 bits per heavy atom. The van der Waals surface area contributed by atoms with Crippen LogP contribution >= 0.6 is 15.9 Å². The van der Waals surface area contributed by atoms with Crippen molar-refractivity contribution in [1.29, 1.82) is 0 Å². The first-order valence-electron chi connectivity index (χ1n) is 5.47. The van der Waals surface area contributed by atoms with Crippen molar-refractivity contribution in [2.24, 2.45) is 0 Å². The first kappa shape index (κ1) is 13.9. The van der Waals surface area contributed by atoms with Crippen LogP contribution in [-0.4, -0.2) is 4.98 Å². The van der Waals surface area contributed by atoms with Gasteiger partial charge in [0.25, 0.3) is 0 Å². The quantitative estimate of drug-likeness (QED) is 0.674. The summed E-state index contributed by atoms with van der Waals surface area (Å²) >= 11 is 3.27. The highest BCUT2D eigenvalue weighted by atomic mass is 79.9. The van der Waals surface area contributed by atoms with Gasteiger partial charge in [-0.3, -0.25) is 0 Å². The van der Waals surface area contributed by atoms with Gasteiger partial charge in [0.1, 0.15) is 4.60 Å². The lowest BCUT2D eigenvalue weighted by Gasteiger charge is -2.08. The third-order valence-corrected chi connectivity index (χ3v) is 3.38. The molecule has 1 N–H and O–H groups in total. The van der Waals surface area contributed by atoms with Crippen molar-refractivity contribution in [3.8, 4) is 0 Å². The van der Waals surface area contributed by atoms with Crippen LogP contribution in [0.2, 0.25) is 0 Å². The van der Waals surface area contributed by atoms with Crippen LogP contribution in [0.15, 0.2) is 29.0 Å². The van der Waals surface area contributed by atoms with Crippen LogP contribution in [0.1, 0.15) is 11.1 Å². The van der Waals surface area contributed by atoms with E-state index in [1.165, 1.54) is 0 Å². The fourth-order valence-corrected chi connectivity index (χ4v) is 1.79. The van der Waals surface area contributed by atoms with Crippen molar-refractivity contribution >= 4 is 21.6 Å². The highest BCUT2D eigenvalue weighted by Gasteiger charge is 2.10. The number of hydrogen-bond acceptors (Lipinski definition) is 2. The molecule has 100 valence electrons. The topological polar surface area (TPSA) is 24.9 Å². The van der Waals surface area contributed by atoms with E-state index in [4.69, 9.17) is 0 Å². The zero-order valence-electron chi connectivity index (χ0n) is 9.98. The first-order valence-corrected chi connectivity index (χ1v) is 6.26. The lowest BCUT2D eigenvalue weighted by molar-refractivity contribution is 0.445. The van der Waals surface area contributed by atoms with Crippen molar-refractivity contribution in [1.82, 2.24) is 4.98 Å². The van der Waals surface area contributed by atoms with Gasteiger partial charge in [0.2, 0.25) is 0 Å². The highest BCUT2D eigenvalue weighted by Crippen LogP contribution is 2.18. The molecule has 0 saturated heterocycles. The second-order valence-electron chi connectivity index (χ2n) is 4.06. The van der Waals surface area contributed by atoms with Crippen LogP contribution in [0.3, 0.4) is 0 Å². The van der Waals surface area contributed by atoms with E-state index in [9.17, 15) is 13.2 Å². The van der Waals surface area contributed by atoms with E-state index < -0.39 is 17.5 Å². The maximum atomic E-state index is 13.0. The zero-order chi connectivity index (χ0) is 14.0. The zero-order valence-corrected chi connectivity index (χ0v) is 11.6. The van der Waals surface area contributed by atoms with E-state index in [-0.39, 0.29) is 6.54 Å². The maximum Gasteiger partial charge on any atom is 0.194 e. The van der Waals surface area contributed by atoms with Gasteiger partial charge in [-0.1, -0.05) is 0 Å². The van der Waals surface area contributed by atoms with E-state index in [1.54, 1.807) is 6.20 Å². The number of nitrogens with zero attached hydrogens (tertiary/aromatic N) is 1. The predicted molar refractivity (Wildman–Crippen MR) is 70.3 cm³/mol. The van der Waals surface area contributed by atoms with E-state index in [0.29, 0.717) is 11.3 Å². The molecule has 0 spiro atoms. The molecule has 0 saturated carbocycles. The number of hydrogen-bond donors (Lipinski definition) is 1. The molecule has 0 unspecified atom stereocenters. The van der Waals surface area contributed by atoms with Gasteiger partial charge < -0.3 is 5.32 Å². The Balaban J connectivity index is 2.12. The Morgan fingerprint density at radius 2 is 1.79 bits per heavy atom. The summed E-state index contributed by atoms with van der Waals surface area (Å²) in [6, 6.07) is 3.77. The van der Waals surface area contributed by atoms with E-state index >= 15 is 0 Å². The molecule has 0 atom stereocenters. The molecule has 19 heavy (non-hydrogen) atoms. The van der Waals surface area contributed by atoms with Gasteiger partial charge >= 0.3 is 0 Å². The Kier molecular flexibility index (Phi) is 4.09. The van der Waals surface area contributed by atoms with Crippen LogP contribution < -0.4 is 5.32 Å². The molecule has 2 nitrogen and oxygen atoms in total. The molecule has 0 aliphatic rings. The molecule has 0 bridgehead atoms. The maximum absolute atomic E-state index is 13.0. The molecular formula is C13H10BrF3N2. The summed E-state index contributed by atoms with van der Waals surface area (Å²) in [5.41, 5.74) is 1.96. The van der Waals surface area contributed by atoms with Gasteiger partial charge in [0, 0.05) is 6.54 Å². The number of nitrogens with one attached hydrogen (secondary N) is 1. The third-order valence-electron chi connectivity index (χ3n) is 2.55. The average molecular weight is 331 g/mol. The standard InChI is InChI=1S/C13H10BrF3N2/c1-7-2-9(6-19-13(7)14)18-5-8-3-10(15)12(17)11(16)4-8/h2-4,6,18H,5H2,1H3. The predicted octanol–water partition coefficient (Wildman–Crippen LogP) is 4.18. The Labute approximate surface area is 116 Å². The molecule has 1 heterocycles. The van der Waals surface area contributed by atoms with Crippen LogP contribution in [0.5, 0.6) is 0 Å². The molecule has 2 rings (SSSR count). The van der Waals surface area contributed by atoms with E-state index in [2.05, 4.69) is 26.2 Å². The van der Waals surface area contributed by atoms with Gasteiger partial charge in [0.05, 0.1) is 11.9 Å². The summed E-state index contributed by atoms with van der Waals surface area (Å²) in [5, 5.41) is 2.96. The van der Waals surface area contributed by atoms with Gasteiger partial charge in [-0.05, 0) is 52.2 Å². The number of benzene rings is 1. The van der Waals surface area contributed by atoms with Crippen LogP contribution in [0.4, 0.5) is 18.9 Å². The summed E-state index contributed by atoms with van der Waals surface area (Å²) in [6.07, 6.45) is 1.59. The van der Waals surface area contributed by atoms with Crippen molar-refractivity contribution in [3.05, 3.63) is 57.6 Å². The number of anilines is 1. The molecule has 0 fully saturated rings. The molecule has 1 aromatic carbocycles. The van der Waals surface area contributed by atoms with Crippen molar-refractivity contribution in [3.63, 3.8) is 0 Å². The minimum atomic E-state index is -1.45. The van der Waals surface area contributed by atoms with Crippen LogP contribution in [0, 0.1) is 24.4 Å². The summed E-state index contributed by atoms with van der Waals surface area (Å²) < 4.78 is 39.6. The monoisotopic (exact) mass is 330 g/mol.